The summed E-state index contributed by atoms with van der Waals surface area (Å²) in [4.78, 5) is 9.25. The number of furan rings is 1. The fourth-order valence-corrected chi connectivity index (χ4v) is 3.91. The molecule has 0 N–H and O–H groups in total. The zero-order valence-corrected chi connectivity index (χ0v) is 14.9. The van der Waals surface area contributed by atoms with E-state index in [0.717, 1.165) is 38.6 Å². The van der Waals surface area contributed by atoms with Crippen molar-refractivity contribution in [2.24, 2.45) is 0 Å². The van der Waals surface area contributed by atoms with Gasteiger partial charge in [0.1, 0.15) is 0 Å². The molecule has 6 rings (SSSR count). The van der Waals surface area contributed by atoms with Crippen molar-refractivity contribution >= 4 is 32.8 Å². The Morgan fingerprint density at radius 1 is 0.714 bits per heavy atom. The highest BCUT2D eigenvalue weighted by atomic mass is 16.3. The Morgan fingerprint density at radius 3 is 2.36 bits per heavy atom. The number of benzene rings is 3. The van der Waals surface area contributed by atoms with Crippen molar-refractivity contribution in [3.05, 3.63) is 91.5 Å². The van der Waals surface area contributed by atoms with Crippen LogP contribution in [0.15, 0.2) is 95.9 Å². The third-order valence-electron chi connectivity index (χ3n) is 5.18. The van der Waals surface area contributed by atoms with Crippen LogP contribution >= 0.6 is 0 Å². The summed E-state index contributed by atoms with van der Waals surface area (Å²) in [5.74, 6) is 0.716. The van der Waals surface area contributed by atoms with Gasteiger partial charge in [0, 0.05) is 21.7 Å². The van der Waals surface area contributed by atoms with Crippen molar-refractivity contribution < 1.29 is 4.42 Å². The lowest BCUT2D eigenvalue weighted by Gasteiger charge is -2.08. The summed E-state index contributed by atoms with van der Waals surface area (Å²) in [6.45, 7) is 0. The molecule has 4 heteroatoms. The van der Waals surface area contributed by atoms with E-state index >= 15 is 0 Å². The van der Waals surface area contributed by atoms with Gasteiger partial charge in [-0.05, 0) is 12.1 Å². The average molecular weight is 361 g/mol. The zero-order chi connectivity index (χ0) is 18.5. The largest absolute Gasteiger partial charge is 0.462 e. The van der Waals surface area contributed by atoms with Crippen LogP contribution in [0.4, 0.5) is 0 Å². The van der Waals surface area contributed by atoms with Crippen molar-refractivity contribution in [2.45, 2.75) is 0 Å². The molecule has 0 aliphatic carbocycles. The second-order valence-corrected chi connectivity index (χ2v) is 6.78. The molecule has 4 nitrogen and oxygen atoms in total. The Kier molecular flexibility index (Phi) is 3.14. The lowest BCUT2D eigenvalue weighted by Crippen LogP contribution is -1.98. The van der Waals surface area contributed by atoms with Gasteiger partial charge in [-0.25, -0.2) is 9.97 Å². The summed E-state index contributed by atoms with van der Waals surface area (Å²) < 4.78 is 8.04. The summed E-state index contributed by atoms with van der Waals surface area (Å²) in [6, 6.07) is 24.6. The molecule has 0 aliphatic heterocycles. The van der Waals surface area contributed by atoms with Gasteiger partial charge >= 0.3 is 0 Å². The van der Waals surface area contributed by atoms with Crippen LogP contribution in [-0.2, 0) is 0 Å². The van der Waals surface area contributed by atoms with Crippen LogP contribution in [0.1, 0.15) is 0 Å². The SMILES string of the molecule is c1ccc(-c2ncc(-n3c4ccccc4c4ccc5ccoc5c43)cn2)cc1. The van der Waals surface area contributed by atoms with Gasteiger partial charge in [-0.15, -0.1) is 0 Å². The third kappa shape index (κ3) is 2.12. The molecule has 0 aliphatic rings. The maximum Gasteiger partial charge on any atom is 0.159 e. The van der Waals surface area contributed by atoms with Crippen LogP contribution in [0.3, 0.4) is 0 Å². The number of hydrogen-bond donors (Lipinski definition) is 0. The summed E-state index contributed by atoms with van der Waals surface area (Å²) in [5, 5.41) is 3.42. The first-order valence-corrected chi connectivity index (χ1v) is 9.17. The lowest BCUT2D eigenvalue weighted by atomic mass is 10.1. The Bertz CT molecular complexity index is 1440. The predicted octanol–water partition coefficient (Wildman–Crippen LogP) is 5.99. The van der Waals surface area contributed by atoms with E-state index in [1.807, 2.05) is 48.8 Å². The van der Waals surface area contributed by atoms with Crippen molar-refractivity contribution in [1.82, 2.24) is 14.5 Å². The van der Waals surface area contributed by atoms with Crippen molar-refractivity contribution in [1.29, 1.82) is 0 Å². The molecular weight excluding hydrogens is 346 g/mol. The van der Waals surface area contributed by atoms with E-state index < -0.39 is 0 Å². The van der Waals surface area contributed by atoms with Crippen LogP contribution in [0, 0.1) is 0 Å². The van der Waals surface area contributed by atoms with Gasteiger partial charge in [-0.1, -0.05) is 60.7 Å². The van der Waals surface area contributed by atoms with Gasteiger partial charge in [0.2, 0.25) is 0 Å². The molecule has 0 bridgehead atoms. The minimum atomic E-state index is 0.716. The van der Waals surface area contributed by atoms with Gasteiger partial charge in [0.05, 0.1) is 35.4 Å². The molecule has 0 amide bonds. The quantitative estimate of drug-likeness (QED) is 0.381. The minimum absolute atomic E-state index is 0.716. The maximum atomic E-state index is 5.85. The molecule has 28 heavy (non-hydrogen) atoms. The Labute approximate surface area is 160 Å². The first kappa shape index (κ1) is 15.2. The van der Waals surface area contributed by atoms with Crippen LogP contribution in [0.25, 0.3) is 49.9 Å². The van der Waals surface area contributed by atoms with E-state index in [0.29, 0.717) is 5.82 Å². The van der Waals surface area contributed by atoms with Gasteiger partial charge in [-0.3, -0.25) is 0 Å². The third-order valence-corrected chi connectivity index (χ3v) is 5.18. The van der Waals surface area contributed by atoms with E-state index in [9.17, 15) is 0 Å². The van der Waals surface area contributed by atoms with E-state index in [2.05, 4.69) is 50.9 Å². The van der Waals surface area contributed by atoms with E-state index in [-0.39, 0.29) is 0 Å². The fraction of sp³-hybridized carbons (Fsp3) is 0. The highest BCUT2D eigenvalue weighted by Crippen LogP contribution is 2.36. The number of nitrogens with zero attached hydrogens (tertiary/aromatic N) is 3. The number of aromatic nitrogens is 3. The maximum absolute atomic E-state index is 5.85. The fourth-order valence-electron chi connectivity index (χ4n) is 3.91. The van der Waals surface area contributed by atoms with Crippen molar-refractivity contribution in [3.8, 4) is 17.1 Å². The Balaban J connectivity index is 1.66. The van der Waals surface area contributed by atoms with Crippen molar-refractivity contribution in [3.63, 3.8) is 0 Å². The summed E-state index contributed by atoms with van der Waals surface area (Å²) in [6.07, 6.45) is 5.49. The van der Waals surface area contributed by atoms with Gasteiger partial charge in [0.25, 0.3) is 0 Å². The molecule has 0 fully saturated rings. The molecule has 0 saturated heterocycles. The lowest BCUT2D eigenvalue weighted by molar-refractivity contribution is 0.618. The summed E-state index contributed by atoms with van der Waals surface area (Å²) in [7, 11) is 0. The number of rotatable bonds is 2. The molecule has 0 spiro atoms. The minimum Gasteiger partial charge on any atom is -0.462 e. The predicted molar refractivity (Wildman–Crippen MR) is 112 cm³/mol. The highest BCUT2D eigenvalue weighted by Gasteiger charge is 2.16. The molecular formula is C24H15N3O. The second-order valence-electron chi connectivity index (χ2n) is 6.78. The van der Waals surface area contributed by atoms with E-state index in [1.165, 1.54) is 5.39 Å². The molecule has 3 aromatic heterocycles. The molecule has 132 valence electrons. The molecule has 3 heterocycles. The first-order chi connectivity index (χ1) is 13.9. The number of para-hydroxylation sites is 1. The van der Waals surface area contributed by atoms with Gasteiger partial charge in [-0.2, -0.15) is 0 Å². The van der Waals surface area contributed by atoms with Crippen LogP contribution < -0.4 is 0 Å². The van der Waals surface area contributed by atoms with Crippen LogP contribution in [0.5, 0.6) is 0 Å². The summed E-state index contributed by atoms with van der Waals surface area (Å²) >= 11 is 0. The number of fused-ring (bicyclic) bond motifs is 5. The molecule has 0 radical (unpaired) electrons. The first-order valence-electron chi connectivity index (χ1n) is 9.17. The molecule has 6 aromatic rings. The topological polar surface area (TPSA) is 43.9 Å². The normalized spacial score (nSPS) is 11.6. The van der Waals surface area contributed by atoms with Gasteiger partial charge < -0.3 is 8.98 Å². The summed E-state index contributed by atoms with van der Waals surface area (Å²) in [5.41, 5.74) is 4.94. The smallest absolute Gasteiger partial charge is 0.159 e. The van der Waals surface area contributed by atoms with E-state index in [4.69, 9.17) is 4.42 Å². The van der Waals surface area contributed by atoms with Crippen LogP contribution in [0.2, 0.25) is 0 Å². The highest BCUT2D eigenvalue weighted by molar-refractivity contribution is 6.17. The molecule has 0 atom stereocenters. The van der Waals surface area contributed by atoms with Crippen molar-refractivity contribution in [2.75, 3.05) is 0 Å². The standard InChI is InChI=1S/C24H15N3O/c1-2-6-17(7-3-1)24-25-14-18(15-26-24)27-21-9-5-4-8-19(21)20-11-10-16-12-13-28-23(16)22(20)27/h1-15H. The number of hydrogen-bond acceptors (Lipinski definition) is 3. The Morgan fingerprint density at radius 2 is 1.50 bits per heavy atom. The van der Waals surface area contributed by atoms with Gasteiger partial charge in [0.15, 0.2) is 11.4 Å². The Hall–Kier alpha value is -3.92. The average Bonchev–Trinajstić information content (AvgIpc) is 3.37. The second kappa shape index (κ2) is 5.79. The molecule has 3 aromatic carbocycles. The molecule has 0 saturated carbocycles. The zero-order valence-electron chi connectivity index (χ0n) is 14.9. The molecule has 0 unspecified atom stereocenters. The van der Waals surface area contributed by atoms with E-state index in [1.54, 1.807) is 6.26 Å². The van der Waals surface area contributed by atoms with Crippen LogP contribution in [-0.4, -0.2) is 14.5 Å². The monoisotopic (exact) mass is 361 g/mol.